The molecule has 0 saturated carbocycles. The van der Waals surface area contributed by atoms with E-state index < -0.39 is 17.3 Å². The normalized spacial score (nSPS) is 14.3. The zero-order valence-electron chi connectivity index (χ0n) is 23.1. The van der Waals surface area contributed by atoms with Gasteiger partial charge >= 0.3 is 6.09 Å². The number of carbonyl (C=O) groups excluding carboxylic acids is 2. The second kappa shape index (κ2) is 10.6. The molecule has 3 aromatic rings. The Morgan fingerprint density at radius 2 is 1.82 bits per heavy atom. The maximum atomic E-state index is 13.4. The van der Waals surface area contributed by atoms with Crippen molar-refractivity contribution in [2.75, 3.05) is 24.0 Å². The van der Waals surface area contributed by atoms with E-state index in [4.69, 9.17) is 30.5 Å². The molecule has 39 heavy (non-hydrogen) atoms. The maximum absolute atomic E-state index is 13.4. The van der Waals surface area contributed by atoms with Gasteiger partial charge in [0.15, 0.2) is 5.60 Å². The number of pyridine rings is 1. The van der Waals surface area contributed by atoms with Crippen molar-refractivity contribution >= 4 is 40.8 Å². The van der Waals surface area contributed by atoms with Gasteiger partial charge < -0.3 is 18.9 Å². The number of aromatic nitrogens is 1. The number of benzene rings is 2. The molecule has 2 amide bonds. The third kappa shape index (κ3) is 6.04. The standard InChI is InChI=1S/C29H32ClN3O6/c1-28(2,3)39-27(35)32(17-18-11-12-21(36-6)16-23(18)37-7)24-14-13-22-25(31-24)38-29(4,5)26(34)33(22)20-10-8-9-19(30)15-20/h8-16H,17H2,1-7H3. The van der Waals surface area contributed by atoms with E-state index >= 15 is 0 Å². The lowest BCUT2D eigenvalue weighted by Gasteiger charge is -2.38. The lowest BCUT2D eigenvalue weighted by Crippen LogP contribution is -2.51. The van der Waals surface area contributed by atoms with Gasteiger partial charge in [-0.3, -0.25) is 14.6 Å². The first-order valence-electron chi connectivity index (χ1n) is 12.3. The Kier molecular flexibility index (Phi) is 7.66. The highest BCUT2D eigenvalue weighted by atomic mass is 35.5. The van der Waals surface area contributed by atoms with Gasteiger partial charge in [0, 0.05) is 16.7 Å². The number of ether oxygens (including phenoxy) is 4. The fourth-order valence-electron chi connectivity index (χ4n) is 4.06. The molecule has 9 nitrogen and oxygen atoms in total. The highest BCUT2D eigenvalue weighted by molar-refractivity contribution is 6.31. The molecule has 0 saturated heterocycles. The Balaban J connectivity index is 1.80. The molecule has 0 unspecified atom stereocenters. The molecule has 2 aromatic carbocycles. The SMILES string of the molecule is COc1ccc(CN(C(=O)OC(C)(C)C)c2ccc3c(n2)OC(C)(C)C(=O)N3c2cccc(Cl)c2)c(OC)c1. The third-order valence-corrected chi connectivity index (χ3v) is 6.15. The molecular weight excluding hydrogens is 522 g/mol. The van der Waals surface area contributed by atoms with Crippen molar-refractivity contribution in [1.82, 2.24) is 4.98 Å². The molecule has 0 atom stereocenters. The third-order valence-electron chi connectivity index (χ3n) is 5.92. The van der Waals surface area contributed by atoms with Crippen LogP contribution >= 0.6 is 11.6 Å². The van der Waals surface area contributed by atoms with E-state index in [2.05, 4.69) is 4.98 Å². The molecule has 0 spiro atoms. The predicted octanol–water partition coefficient (Wildman–Crippen LogP) is 6.53. The van der Waals surface area contributed by atoms with Gasteiger partial charge in [-0.1, -0.05) is 17.7 Å². The smallest absolute Gasteiger partial charge is 0.416 e. The highest BCUT2D eigenvalue weighted by Gasteiger charge is 2.43. The summed E-state index contributed by atoms with van der Waals surface area (Å²) < 4.78 is 22.6. The lowest BCUT2D eigenvalue weighted by atomic mass is 10.0. The maximum Gasteiger partial charge on any atom is 0.416 e. The van der Waals surface area contributed by atoms with Crippen LogP contribution in [-0.4, -0.2) is 42.4 Å². The number of fused-ring (bicyclic) bond motifs is 1. The van der Waals surface area contributed by atoms with Crippen LogP contribution < -0.4 is 24.0 Å². The molecular formula is C29H32ClN3O6. The second-order valence-corrected chi connectivity index (χ2v) is 10.9. The average molecular weight is 554 g/mol. The number of halogens is 1. The van der Waals surface area contributed by atoms with Crippen molar-refractivity contribution in [3.63, 3.8) is 0 Å². The Hall–Kier alpha value is -3.98. The Morgan fingerprint density at radius 3 is 2.46 bits per heavy atom. The van der Waals surface area contributed by atoms with Gasteiger partial charge in [0.1, 0.15) is 28.6 Å². The monoisotopic (exact) mass is 553 g/mol. The summed E-state index contributed by atoms with van der Waals surface area (Å²) in [7, 11) is 3.11. The summed E-state index contributed by atoms with van der Waals surface area (Å²) in [5.74, 6) is 1.34. The Bertz CT molecular complexity index is 1400. The van der Waals surface area contributed by atoms with E-state index in [1.165, 1.54) is 9.80 Å². The van der Waals surface area contributed by atoms with Crippen LogP contribution in [0.3, 0.4) is 0 Å². The first-order valence-corrected chi connectivity index (χ1v) is 12.7. The van der Waals surface area contributed by atoms with Crippen LogP contribution in [-0.2, 0) is 16.1 Å². The number of methoxy groups -OCH3 is 2. The van der Waals surface area contributed by atoms with Gasteiger partial charge in [-0.25, -0.2) is 4.79 Å². The first kappa shape index (κ1) is 28.0. The van der Waals surface area contributed by atoms with Crippen molar-refractivity contribution in [2.45, 2.75) is 52.4 Å². The van der Waals surface area contributed by atoms with Crippen LogP contribution in [0, 0.1) is 0 Å². The molecule has 0 N–H and O–H groups in total. The minimum absolute atomic E-state index is 0.0915. The number of hydrogen-bond acceptors (Lipinski definition) is 7. The molecule has 4 rings (SSSR count). The number of anilines is 3. The number of amides is 2. The van der Waals surface area contributed by atoms with Gasteiger partial charge in [-0.15, -0.1) is 0 Å². The molecule has 0 bridgehead atoms. The average Bonchev–Trinajstić information content (AvgIpc) is 2.86. The van der Waals surface area contributed by atoms with Crippen LogP contribution in [0.15, 0.2) is 54.6 Å². The number of rotatable bonds is 6. The van der Waals surface area contributed by atoms with E-state index in [0.717, 1.165) is 0 Å². The summed E-state index contributed by atoms with van der Waals surface area (Å²) >= 11 is 6.22. The van der Waals surface area contributed by atoms with Gasteiger partial charge in [-0.2, -0.15) is 4.98 Å². The van der Waals surface area contributed by atoms with Gasteiger partial charge in [0.2, 0.25) is 5.88 Å². The number of hydrogen-bond donors (Lipinski definition) is 0. The van der Waals surface area contributed by atoms with Crippen LogP contribution in [0.2, 0.25) is 5.02 Å². The van der Waals surface area contributed by atoms with Crippen molar-refractivity contribution < 1.29 is 28.5 Å². The molecule has 1 aromatic heterocycles. The molecule has 0 aliphatic carbocycles. The summed E-state index contributed by atoms with van der Waals surface area (Å²) in [5, 5.41) is 0.486. The Labute approximate surface area is 233 Å². The predicted molar refractivity (Wildman–Crippen MR) is 150 cm³/mol. The minimum Gasteiger partial charge on any atom is -0.497 e. The van der Waals surface area contributed by atoms with Crippen molar-refractivity contribution in [3.05, 3.63) is 65.2 Å². The molecule has 1 aliphatic heterocycles. The summed E-state index contributed by atoms with van der Waals surface area (Å²) in [6.07, 6.45) is -0.606. The van der Waals surface area contributed by atoms with E-state index in [9.17, 15) is 9.59 Å². The first-order chi connectivity index (χ1) is 18.3. The summed E-state index contributed by atoms with van der Waals surface area (Å²) in [6.45, 7) is 8.79. The highest BCUT2D eigenvalue weighted by Crippen LogP contribution is 2.42. The van der Waals surface area contributed by atoms with Gasteiger partial charge in [0.05, 0.1) is 26.5 Å². The molecule has 10 heteroatoms. The van der Waals surface area contributed by atoms with E-state index in [1.54, 1.807) is 97.4 Å². The lowest BCUT2D eigenvalue weighted by molar-refractivity contribution is -0.132. The zero-order chi connectivity index (χ0) is 28.5. The van der Waals surface area contributed by atoms with E-state index in [1.807, 2.05) is 6.07 Å². The molecule has 0 radical (unpaired) electrons. The quantitative estimate of drug-likeness (QED) is 0.343. The molecule has 0 fully saturated rings. The number of nitrogens with zero attached hydrogens (tertiary/aromatic N) is 3. The largest absolute Gasteiger partial charge is 0.497 e. The van der Waals surface area contributed by atoms with E-state index in [-0.39, 0.29) is 24.1 Å². The molecule has 1 aliphatic rings. The van der Waals surface area contributed by atoms with Crippen molar-refractivity contribution in [1.29, 1.82) is 0 Å². The summed E-state index contributed by atoms with van der Waals surface area (Å²) in [5.41, 5.74) is -0.262. The number of carbonyl (C=O) groups is 2. The zero-order valence-corrected chi connectivity index (χ0v) is 23.8. The topological polar surface area (TPSA) is 90.4 Å². The van der Waals surface area contributed by atoms with Crippen molar-refractivity contribution in [3.8, 4) is 17.4 Å². The minimum atomic E-state index is -1.23. The molecule has 206 valence electrons. The van der Waals surface area contributed by atoms with Crippen molar-refractivity contribution in [2.24, 2.45) is 0 Å². The summed E-state index contributed by atoms with van der Waals surface area (Å²) in [4.78, 5) is 34.4. The van der Waals surface area contributed by atoms with Crippen LogP contribution in [0.4, 0.5) is 22.0 Å². The van der Waals surface area contributed by atoms with E-state index in [0.29, 0.717) is 33.5 Å². The fourth-order valence-corrected chi connectivity index (χ4v) is 4.25. The molecule has 2 heterocycles. The Morgan fingerprint density at radius 1 is 1.08 bits per heavy atom. The summed E-state index contributed by atoms with van der Waals surface area (Å²) in [6, 6.07) is 15.6. The van der Waals surface area contributed by atoms with Crippen LogP contribution in [0.5, 0.6) is 17.4 Å². The van der Waals surface area contributed by atoms with Crippen LogP contribution in [0.1, 0.15) is 40.2 Å². The van der Waals surface area contributed by atoms with Crippen LogP contribution in [0.25, 0.3) is 0 Å². The van der Waals surface area contributed by atoms with Gasteiger partial charge in [-0.05, 0) is 77.1 Å². The second-order valence-electron chi connectivity index (χ2n) is 10.5. The van der Waals surface area contributed by atoms with Gasteiger partial charge in [0.25, 0.3) is 5.91 Å². The fraction of sp³-hybridized carbons (Fsp3) is 0.345.